The molecule has 0 saturated carbocycles. The first-order valence-electron chi connectivity index (χ1n) is 9.77. The lowest BCUT2D eigenvalue weighted by atomic mass is 10.1. The van der Waals surface area contributed by atoms with Crippen LogP contribution in [0.5, 0.6) is 0 Å². The van der Waals surface area contributed by atoms with Crippen molar-refractivity contribution in [3.05, 3.63) is 70.9 Å². The number of amides is 1. The Morgan fingerprint density at radius 1 is 0.966 bits per heavy atom. The first kappa shape index (κ1) is 19.0. The Labute approximate surface area is 170 Å². The van der Waals surface area contributed by atoms with Gasteiger partial charge in [-0.2, -0.15) is 0 Å². The monoisotopic (exact) mass is 388 g/mol. The third-order valence-electron chi connectivity index (χ3n) is 4.96. The third-order valence-corrected chi connectivity index (χ3v) is 4.96. The quantitative estimate of drug-likeness (QED) is 0.736. The van der Waals surface area contributed by atoms with E-state index >= 15 is 0 Å². The number of carbonyl (C=O) groups excluding carboxylic acids is 1. The molecule has 148 valence electrons. The van der Waals surface area contributed by atoms with Gasteiger partial charge in [0.05, 0.1) is 0 Å². The molecule has 1 aliphatic rings. The van der Waals surface area contributed by atoms with E-state index in [1.165, 1.54) is 0 Å². The van der Waals surface area contributed by atoms with E-state index in [0.717, 1.165) is 29.3 Å². The smallest absolute Gasteiger partial charge is 0.253 e. The van der Waals surface area contributed by atoms with Crippen molar-refractivity contribution in [1.82, 2.24) is 24.8 Å². The van der Waals surface area contributed by atoms with Crippen LogP contribution in [0.3, 0.4) is 0 Å². The number of likely N-dealkylation sites (tertiary alicyclic amines) is 1. The Balaban J connectivity index is 1.51. The highest BCUT2D eigenvalue weighted by Gasteiger charge is 2.30. The molecule has 1 aromatic carbocycles. The fourth-order valence-electron chi connectivity index (χ4n) is 3.65. The molecule has 7 nitrogen and oxygen atoms in total. The SMILES string of the molecule is Cc1cc(C)nc(Nc2cc(C)nc(C3CCN(C(=O)c4ccccc4)C3)n2)n1. The summed E-state index contributed by atoms with van der Waals surface area (Å²) in [7, 11) is 0. The molecule has 0 spiro atoms. The number of carbonyl (C=O) groups is 1. The first-order chi connectivity index (χ1) is 14.0. The molecule has 0 aliphatic carbocycles. The predicted octanol–water partition coefficient (Wildman–Crippen LogP) is 3.57. The van der Waals surface area contributed by atoms with E-state index < -0.39 is 0 Å². The van der Waals surface area contributed by atoms with Crippen LogP contribution in [0.15, 0.2) is 42.5 Å². The Bertz CT molecular complexity index is 1020. The molecule has 29 heavy (non-hydrogen) atoms. The van der Waals surface area contributed by atoms with E-state index in [9.17, 15) is 4.79 Å². The van der Waals surface area contributed by atoms with Crippen LogP contribution in [0.2, 0.25) is 0 Å². The van der Waals surface area contributed by atoms with Gasteiger partial charge in [0.25, 0.3) is 5.91 Å². The van der Waals surface area contributed by atoms with E-state index in [-0.39, 0.29) is 11.8 Å². The van der Waals surface area contributed by atoms with Crippen LogP contribution in [0.4, 0.5) is 11.8 Å². The summed E-state index contributed by atoms with van der Waals surface area (Å²) >= 11 is 0. The lowest BCUT2D eigenvalue weighted by Gasteiger charge is -2.16. The molecule has 1 N–H and O–H groups in total. The van der Waals surface area contributed by atoms with E-state index in [4.69, 9.17) is 4.98 Å². The Kier molecular flexibility index (Phi) is 5.20. The fourth-order valence-corrected chi connectivity index (χ4v) is 3.65. The van der Waals surface area contributed by atoms with Crippen LogP contribution in [-0.2, 0) is 0 Å². The predicted molar refractivity (Wildman–Crippen MR) is 111 cm³/mol. The van der Waals surface area contributed by atoms with Crippen LogP contribution < -0.4 is 5.32 Å². The molecule has 3 aromatic rings. The number of hydrogen-bond donors (Lipinski definition) is 1. The van der Waals surface area contributed by atoms with Gasteiger partial charge in [-0.1, -0.05) is 18.2 Å². The Morgan fingerprint density at radius 2 is 1.66 bits per heavy atom. The highest BCUT2D eigenvalue weighted by atomic mass is 16.2. The summed E-state index contributed by atoms with van der Waals surface area (Å²) in [6, 6.07) is 13.2. The van der Waals surface area contributed by atoms with Gasteiger partial charge in [0.1, 0.15) is 11.6 Å². The molecule has 2 aromatic heterocycles. The van der Waals surface area contributed by atoms with Crippen molar-refractivity contribution >= 4 is 17.7 Å². The number of aromatic nitrogens is 4. The van der Waals surface area contributed by atoms with Crippen LogP contribution in [0, 0.1) is 20.8 Å². The lowest BCUT2D eigenvalue weighted by molar-refractivity contribution is 0.0790. The number of anilines is 2. The number of rotatable bonds is 4. The van der Waals surface area contributed by atoms with Crippen LogP contribution in [0.1, 0.15) is 45.6 Å². The molecule has 1 saturated heterocycles. The van der Waals surface area contributed by atoms with Crippen LogP contribution in [-0.4, -0.2) is 43.8 Å². The van der Waals surface area contributed by atoms with Gasteiger partial charge in [0.2, 0.25) is 5.95 Å². The maximum absolute atomic E-state index is 12.7. The summed E-state index contributed by atoms with van der Waals surface area (Å²) < 4.78 is 0. The van der Waals surface area contributed by atoms with Crippen molar-refractivity contribution in [1.29, 1.82) is 0 Å². The van der Waals surface area contributed by atoms with Gasteiger partial charge in [-0.15, -0.1) is 0 Å². The number of aryl methyl sites for hydroxylation is 3. The zero-order chi connectivity index (χ0) is 20.4. The minimum absolute atomic E-state index is 0.0581. The number of nitrogens with zero attached hydrogens (tertiary/aromatic N) is 5. The zero-order valence-corrected chi connectivity index (χ0v) is 16.9. The summed E-state index contributed by atoms with van der Waals surface area (Å²) in [6.45, 7) is 7.15. The maximum atomic E-state index is 12.7. The largest absolute Gasteiger partial charge is 0.338 e. The topological polar surface area (TPSA) is 83.9 Å². The van der Waals surface area contributed by atoms with E-state index in [2.05, 4.69) is 20.3 Å². The molecule has 1 aliphatic heterocycles. The second-order valence-electron chi connectivity index (χ2n) is 7.45. The van der Waals surface area contributed by atoms with E-state index in [1.807, 2.05) is 68.1 Å². The molecule has 1 fully saturated rings. The molecule has 1 amide bonds. The van der Waals surface area contributed by atoms with Crippen molar-refractivity contribution in [3.8, 4) is 0 Å². The van der Waals surface area contributed by atoms with Crippen molar-refractivity contribution in [3.63, 3.8) is 0 Å². The number of nitrogens with one attached hydrogen (secondary N) is 1. The Morgan fingerprint density at radius 3 is 2.38 bits per heavy atom. The highest BCUT2D eigenvalue weighted by molar-refractivity contribution is 5.94. The third kappa shape index (κ3) is 4.39. The van der Waals surface area contributed by atoms with Crippen LogP contribution >= 0.6 is 0 Å². The first-order valence-corrected chi connectivity index (χ1v) is 9.77. The van der Waals surface area contributed by atoms with Gasteiger partial charge in [0, 0.05) is 47.7 Å². The Hall–Kier alpha value is -3.35. The van der Waals surface area contributed by atoms with Gasteiger partial charge >= 0.3 is 0 Å². The van der Waals surface area contributed by atoms with Crippen molar-refractivity contribution in [2.75, 3.05) is 18.4 Å². The maximum Gasteiger partial charge on any atom is 0.253 e. The standard InChI is InChI=1S/C22H24N6O/c1-14-11-15(2)25-22(24-14)27-19-12-16(3)23-20(26-19)18-9-10-28(13-18)21(29)17-7-5-4-6-8-17/h4-8,11-12,18H,9-10,13H2,1-3H3,(H,23,24,25,26,27). The van der Waals surface area contributed by atoms with Crippen molar-refractivity contribution < 1.29 is 4.79 Å². The van der Waals surface area contributed by atoms with Gasteiger partial charge < -0.3 is 10.2 Å². The average molecular weight is 388 g/mol. The second kappa shape index (κ2) is 7.95. The van der Waals surface area contributed by atoms with Crippen molar-refractivity contribution in [2.24, 2.45) is 0 Å². The molecular weight excluding hydrogens is 364 g/mol. The van der Waals surface area contributed by atoms with Gasteiger partial charge in [-0.3, -0.25) is 4.79 Å². The minimum Gasteiger partial charge on any atom is -0.338 e. The molecular formula is C22H24N6O. The molecule has 0 radical (unpaired) electrons. The highest BCUT2D eigenvalue weighted by Crippen LogP contribution is 2.27. The fraction of sp³-hybridized carbons (Fsp3) is 0.318. The van der Waals surface area contributed by atoms with Crippen LogP contribution in [0.25, 0.3) is 0 Å². The molecule has 3 heterocycles. The number of hydrogen-bond acceptors (Lipinski definition) is 6. The zero-order valence-electron chi connectivity index (χ0n) is 16.9. The molecule has 4 rings (SSSR count). The van der Waals surface area contributed by atoms with Crippen molar-refractivity contribution in [2.45, 2.75) is 33.1 Å². The summed E-state index contributed by atoms with van der Waals surface area (Å²) in [5.41, 5.74) is 3.39. The van der Waals surface area contributed by atoms with Gasteiger partial charge in [-0.05, 0) is 45.4 Å². The molecule has 1 atom stereocenters. The summed E-state index contributed by atoms with van der Waals surface area (Å²) in [6.07, 6.45) is 0.849. The normalized spacial score (nSPS) is 16.1. The second-order valence-corrected chi connectivity index (χ2v) is 7.45. The summed E-state index contributed by atoms with van der Waals surface area (Å²) in [5, 5.41) is 3.20. The minimum atomic E-state index is 0.0581. The lowest BCUT2D eigenvalue weighted by Crippen LogP contribution is -2.28. The van der Waals surface area contributed by atoms with Gasteiger partial charge in [-0.25, -0.2) is 19.9 Å². The van der Waals surface area contributed by atoms with E-state index in [0.29, 0.717) is 30.4 Å². The van der Waals surface area contributed by atoms with Gasteiger partial charge in [0.15, 0.2) is 0 Å². The molecule has 0 bridgehead atoms. The summed E-state index contributed by atoms with van der Waals surface area (Å²) in [4.78, 5) is 32.8. The average Bonchev–Trinajstić information content (AvgIpc) is 3.17. The molecule has 7 heteroatoms. The van der Waals surface area contributed by atoms with E-state index in [1.54, 1.807) is 0 Å². The molecule has 1 unspecified atom stereocenters. The summed E-state index contributed by atoms with van der Waals surface area (Å²) in [5.74, 6) is 2.12. The number of benzene rings is 1.